The van der Waals surface area contributed by atoms with Gasteiger partial charge in [-0.2, -0.15) is 0 Å². The summed E-state index contributed by atoms with van der Waals surface area (Å²) < 4.78 is 8.16. The monoisotopic (exact) mass is 404 g/mol. The van der Waals surface area contributed by atoms with Crippen molar-refractivity contribution in [1.29, 1.82) is 0 Å². The van der Waals surface area contributed by atoms with E-state index >= 15 is 0 Å². The summed E-state index contributed by atoms with van der Waals surface area (Å²) in [4.78, 5) is 43.2. The molecule has 1 aliphatic heterocycles. The van der Waals surface area contributed by atoms with Crippen molar-refractivity contribution in [3.63, 3.8) is 0 Å². The molecule has 9 nitrogen and oxygen atoms in total. The number of fused-ring (bicyclic) bond motifs is 1. The molecule has 1 saturated heterocycles. The average molecular weight is 404 g/mol. The van der Waals surface area contributed by atoms with Crippen molar-refractivity contribution >= 4 is 17.7 Å². The van der Waals surface area contributed by atoms with Gasteiger partial charge in [-0.25, -0.2) is 14.2 Å². The van der Waals surface area contributed by atoms with Gasteiger partial charge in [-0.05, 0) is 24.7 Å². The number of carbonyl (C=O) groups is 2. The molecule has 9 heteroatoms. The molecule has 3 rings (SSSR count). The average Bonchev–Trinajstić information content (AvgIpc) is 3.05. The molecule has 1 aliphatic rings. The molecule has 0 saturated carbocycles. The smallest absolute Gasteiger partial charge is 0.358 e. The number of ether oxygens (including phenoxy) is 1. The minimum Gasteiger partial charge on any atom is -0.486 e. The van der Waals surface area contributed by atoms with Gasteiger partial charge in [0.15, 0.2) is 5.69 Å². The van der Waals surface area contributed by atoms with Gasteiger partial charge in [0.1, 0.15) is 6.54 Å². The van der Waals surface area contributed by atoms with Gasteiger partial charge in [0.2, 0.25) is 17.4 Å². The van der Waals surface area contributed by atoms with Crippen LogP contribution >= 0.6 is 0 Å². The number of hydrogen-bond acceptors (Lipinski definition) is 5. The molecule has 2 aromatic heterocycles. The van der Waals surface area contributed by atoms with E-state index in [1.807, 2.05) is 11.8 Å². The SMILES string of the molecule is CCCCOc1c(C(=O)O)nc2n(CC(=O)N3C[C@H](C)C[C@@H](C)C3)ccn2c1=O. The Morgan fingerprint density at radius 2 is 1.93 bits per heavy atom. The number of amides is 1. The quantitative estimate of drug-likeness (QED) is 0.706. The highest BCUT2D eigenvalue weighted by molar-refractivity contribution is 5.89. The van der Waals surface area contributed by atoms with Gasteiger partial charge >= 0.3 is 11.5 Å². The topological polar surface area (TPSA) is 106 Å². The van der Waals surface area contributed by atoms with Gasteiger partial charge in [0, 0.05) is 25.5 Å². The summed E-state index contributed by atoms with van der Waals surface area (Å²) in [7, 11) is 0. The van der Waals surface area contributed by atoms with Crippen LogP contribution in [0.25, 0.3) is 5.78 Å². The zero-order valence-electron chi connectivity index (χ0n) is 17.1. The number of aromatic nitrogens is 3. The summed E-state index contributed by atoms with van der Waals surface area (Å²) in [5, 5.41) is 9.50. The van der Waals surface area contributed by atoms with Crippen molar-refractivity contribution in [3.05, 3.63) is 28.4 Å². The highest BCUT2D eigenvalue weighted by Crippen LogP contribution is 2.21. The summed E-state index contributed by atoms with van der Waals surface area (Å²) in [6.45, 7) is 7.86. The Morgan fingerprint density at radius 3 is 2.55 bits per heavy atom. The molecule has 29 heavy (non-hydrogen) atoms. The van der Waals surface area contributed by atoms with Crippen molar-refractivity contribution in [2.24, 2.45) is 11.8 Å². The predicted molar refractivity (Wildman–Crippen MR) is 106 cm³/mol. The van der Waals surface area contributed by atoms with E-state index in [4.69, 9.17) is 4.74 Å². The highest BCUT2D eigenvalue weighted by Gasteiger charge is 2.27. The molecular formula is C20H28N4O5. The van der Waals surface area contributed by atoms with E-state index in [-0.39, 0.29) is 30.6 Å². The Balaban J connectivity index is 1.91. The normalized spacial score (nSPS) is 19.5. The molecule has 3 heterocycles. The van der Waals surface area contributed by atoms with Crippen molar-refractivity contribution < 1.29 is 19.4 Å². The van der Waals surface area contributed by atoms with Gasteiger partial charge in [-0.15, -0.1) is 0 Å². The van der Waals surface area contributed by atoms with Crippen LogP contribution in [-0.2, 0) is 11.3 Å². The lowest BCUT2D eigenvalue weighted by atomic mass is 9.92. The molecule has 158 valence electrons. The lowest BCUT2D eigenvalue weighted by Crippen LogP contribution is -2.44. The number of piperidine rings is 1. The fourth-order valence-electron chi connectivity index (χ4n) is 3.89. The molecule has 1 N–H and O–H groups in total. The third-order valence-electron chi connectivity index (χ3n) is 5.18. The molecule has 0 aliphatic carbocycles. The first-order valence-electron chi connectivity index (χ1n) is 10.1. The summed E-state index contributed by atoms with van der Waals surface area (Å²) in [5.41, 5.74) is -1.02. The summed E-state index contributed by atoms with van der Waals surface area (Å²) >= 11 is 0. The predicted octanol–water partition coefficient (Wildman–Crippen LogP) is 1.88. The number of hydrogen-bond donors (Lipinski definition) is 1. The number of unbranched alkanes of at least 4 members (excludes halogenated alkanes) is 1. The van der Waals surface area contributed by atoms with Crippen LogP contribution in [0, 0.1) is 11.8 Å². The van der Waals surface area contributed by atoms with Gasteiger partial charge in [-0.3, -0.25) is 9.59 Å². The maximum Gasteiger partial charge on any atom is 0.358 e. The zero-order chi connectivity index (χ0) is 21.1. The van der Waals surface area contributed by atoms with Crippen LogP contribution in [0.4, 0.5) is 0 Å². The van der Waals surface area contributed by atoms with Crippen LogP contribution in [0.1, 0.15) is 50.5 Å². The summed E-state index contributed by atoms with van der Waals surface area (Å²) in [5.74, 6) is -0.699. The molecule has 0 unspecified atom stereocenters. The molecule has 0 aromatic carbocycles. The lowest BCUT2D eigenvalue weighted by molar-refractivity contribution is -0.134. The van der Waals surface area contributed by atoms with Crippen molar-refractivity contribution in [2.75, 3.05) is 19.7 Å². The lowest BCUT2D eigenvalue weighted by Gasteiger charge is -2.35. The van der Waals surface area contributed by atoms with E-state index in [0.717, 1.165) is 12.8 Å². The van der Waals surface area contributed by atoms with Gasteiger partial charge < -0.3 is 19.3 Å². The Morgan fingerprint density at radius 1 is 1.24 bits per heavy atom. The third-order valence-corrected chi connectivity index (χ3v) is 5.18. The maximum atomic E-state index is 12.8. The summed E-state index contributed by atoms with van der Waals surface area (Å²) in [6.07, 6.45) is 5.70. The number of nitrogens with zero attached hydrogens (tertiary/aromatic N) is 4. The molecule has 0 radical (unpaired) electrons. The largest absolute Gasteiger partial charge is 0.486 e. The molecule has 2 aromatic rings. The fourth-order valence-corrected chi connectivity index (χ4v) is 3.89. The first kappa shape index (κ1) is 20.9. The van der Waals surface area contributed by atoms with Crippen LogP contribution in [-0.4, -0.2) is 55.5 Å². The first-order valence-corrected chi connectivity index (χ1v) is 10.1. The molecule has 1 amide bonds. The Hall–Kier alpha value is -2.84. The number of carboxylic acids is 1. The van der Waals surface area contributed by atoms with Gasteiger partial charge in [0.25, 0.3) is 0 Å². The molecule has 2 atom stereocenters. The number of imidazole rings is 1. The minimum absolute atomic E-state index is 0.00250. The Labute approximate surface area is 168 Å². The minimum atomic E-state index is -1.34. The van der Waals surface area contributed by atoms with Crippen molar-refractivity contribution in [3.8, 4) is 5.75 Å². The zero-order valence-corrected chi connectivity index (χ0v) is 17.1. The van der Waals surface area contributed by atoms with Gasteiger partial charge in [0.05, 0.1) is 6.61 Å². The van der Waals surface area contributed by atoms with Crippen LogP contribution < -0.4 is 10.3 Å². The van der Waals surface area contributed by atoms with Crippen LogP contribution in [0.2, 0.25) is 0 Å². The fraction of sp³-hybridized carbons (Fsp3) is 0.600. The highest BCUT2D eigenvalue weighted by atomic mass is 16.5. The van der Waals surface area contributed by atoms with Crippen LogP contribution in [0.5, 0.6) is 5.75 Å². The second kappa shape index (κ2) is 8.67. The Kier molecular flexibility index (Phi) is 6.24. The first-order chi connectivity index (χ1) is 13.8. The third kappa shape index (κ3) is 4.44. The van der Waals surface area contributed by atoms with E-state index in [1.54, 1.807) is 6.20 Å². The van der Waals surface area contributed by atoms with E-state index in [0.29, 0.717) is 31.3 Å². The second-order valence-corrected chi connectivity index (χ2v) is 7.94. The standard InChI is InChI=1S/C20H28N4O5/c1-4-5-8-29-17-16(19(27)28)21-20-22(6-7-24(20)18(17)26)12-15(25)23-10-13(2)9-14(3)11-23/h6-7,13-14H,4-5,8-12H2,1-3H3,(H,27,28)/t13-,14-/m1/s1. The summed E-state index contributed by atoms with van der Waals surface area (Å²) in [6, 6.07) is 0. The Bertz CT molecular complexity index is 954. The van der Waals surface area contributed by atoms with E-state index in [1.165, 1.54) is 15.2 Å². The molecule has 1 fully saturated rings. The van der Waals surface area contributed by atoms with E-state index < -0.39 is 17.2 Å². The number of aromatic carboxylic acids is 1. The second-order valence-electron chi connectivity index (χ2n) is 7.94. The number of carbonyl (C=O) groups excluding carboxylic acids is 1. The molecular weight excluding hydrogens is 376 g/mol. The molecule has 0 spiro atoms. The number of rotatable bonds is 7. The van der Waals surface area contributed by atoms with Gasteiger partial charge in [-0.1, -0.05) is 27.2 Å². The van der Waals surface area contributed by atoms with E-state index in [9.17, 15) is 19.5 Å². The number of carboxylic acid groups (broad SMARTS) is 1. The van der Waals surface area contributed by atoms with Crippen molar-refractivity contribution in [1.82, 2.24) is 18.9 Å². The van der Waals surface area contributed by atoms with Crippen LogP contribution in [0.15, 0.2) is 17.2 Å². The number of likely N-dealkylation sites (tertiary alicyclic amines) is 1. The maximum absolute atomic E-state index is 12.8. The van der Waals surface area contributed by atoms with Crippen molar-refractivity contribution in [2.45, 2.75) is 46.6 Å². The van der Waals surface area contributed by atoms with Crippen LogP contribution in [0.3, 0.4) is 0 Å². The molecule has 0 bridgehead atoms. The van der Waals surface area contributed by atoms with E-state index in [2.05, 4.69) is 18.8 Å².